The van der Waals surface area contributed by atoms with Crippen LogP contribution in [0.4, 0.5) is 13.2 Å². The van der Waals surface area contributed by atoms with Crippen molar-refractivity contribution >= 4 is 10.9 Å². The molecule has 4 nitrogen and oxygen atoms in total. The van der Waals surface area contributed by atoms with Crippen molar-refractivity contribution in [1.29, 1.82) is 0 Å². The van der Waals surface area contributed by atoms with Crippen LogP contribution in [0.1, 0.15) is 23.7 Å². The highest BCUT2D eigenvalue weighted by molar-refractivity contribution is 5.82. The van der Waals surface area contributed by atoms with Crippen LogP contribution >= 0.6 is 0 Å². The number of halogens is 3. The molecule has 0 radical (unpaired) electrons. The number of hydrogen-bond acceptors (Lipinski definition) is 3. The Morgan fingerprint density at radius 3 is 2.26 bits per heavy atom. The van der Waals surface area contributed by atoms with Gasteiger partial charge in [0.2, 0.25) is 0 Å². The third kappa shape index (κ3) is 4.07. The predicted molar refractivity (Wildman–Crippen MR) is 96.6 cm³/mol. The first-order valence-electron chi connectivity index (χ1n) is 8.37. The zero-order valence-electron chi connectivity index (χ0n) is 15.0. The fourth-order valence-electron chi connectivity index (χ4n) is 2.96. The van der Waals surface area contributed by atoms with Gasteiger partial charge in [-0.15, -0.1) is 13.2 Å². The minimum atomic E-state index is -4.74. The number of aromatic amines is 1. The van der Waals surface area contributed by atoms with Crippen LogP contribution in [0.15, 0.2) is 41.2 Å². The zero-order chi connectivity index (χ0) is 19.8. The Kier molecular flexibility index (Phi) is 4.87. The maximum Gasteiger partial charge on any atom is 0.573 e. The molecule has 0 fully saturated rings. The number of hydrogen-bond donors (Lipinski definition) is 1. The lowest BCUT2D eigenvalue weighted by Crippen LogP contribution is -2.16. The second kappa shape index (κ2) is 6.98. The number of alkyl halides is 3. The number of aromatic nitrogens is 1. The summed E-state index contributed by atoms with van der Waals surface area (Å²) in [5, 5.41) is 0.509. The lowest BCUT2D eigenvalue weighted by molar-refractivity contribution is -0.274. The monoisotopic (exact) mass is 377 g/mol. The van der Waals surface area contributed by atoms with Gasteiger partial charge in [0.05, 0.1) is 5.52 Å². The Morgan fingerprint density at radius 2 is 1.67 bits per heavy atom. The Morgan fingerprint density at radius 1 is 1.04 bits per heavy atom. The van der Waals surface area contributed by atoms with Crippen molar-refractivity contribution in [2.45, 2.75) is 33.6 Å². The number of H-pyrrole nitrogens is 1. The fraction of sp³-hybridized carbons (Fsp3) is 0.250. The maximum atomic E-state index is 12.7. The SMILES string of the molecule is CCc1c(C)[nH]c2cc(C)c(Oc3ccc(OC(F)(F)F)cc3)cc2c1=O. The Bertz CT molecular complexity index is 1040. The predicted octanol–water partition coefficient (Wildman–Crippen LogP) is 5.40. The van der Waals surface area contributed by atoms with Crippen molar-refractivity contribution < 1.29 is 22.6 Å². The highest BCUT2D eigenvalue weighted by atomic mass is 19.4. The number of aryl methyl sites for hydroxylation is 2. The summed E-state index contributed by atoms with van der Waals surface area (Å²) in [5.41, 5.74) is 3.00. The van der Waals surface area contributed by atoms with Crippen molar-refractivity contribution in [3.05, 3.63) is 63.4 Å². The summed E-state index contributed by atoms with van der Waals surface area (Å²) in [4.78, 5) is 15.9. The molecule has 3 aromatic rings. The van der Waals surface area contributed by atoms with Gasteiger partial charge in [-0.3, -0.25) is 4.79 Å². The van der Waals surface area contributed by atoms with Crippen LogP contribution in [0.5, 0.6) is 17.2 Å². The van der Waals surface area contributed by atoms with Gasteiger partial charge in [0.1, 0.15) is 17.2 Å². The Labute approximate surface area is 153 Å². The average Bonchev–Trinajstić information content (AvgIpc) is 2.57. The molecular formula is C20H18F3NO3. The van der Waals surface area contributed by atoms with Gasteiger partial charge in [-0.1, -0.05) is 6.92 Å². The van der Waals surface area contributed by atoms with E-state index in [2.05, 4.69) is 9.72 Å². The smallest absolute Gasteiger partial charge is 0.457 e. The van der Waals surface area contributed by atoms with Gasteiger partial charge in [-0.25, -0.2) is 0 Å². The van der Waals surface area contributed by atoms with E-state index in [9.17, 15) is 18.0 Å². The summed E-state index contributed by atoms with van der Waals surface area (Å²) < 4.78 is 46.3. The molecule has 0 amide bonds. The van der Waals surface area contributed by atoms with Crippen molar-refractivity contribution in [2.24, 2.45) is 0 Å². The standard InChI is InChI=1S/C20H18F3NO3/c1-4-15-12(3)24-17-9-11(2)18(10-16(17)19(15)25)26-13-5-7-14(8-6-13)27-20(21,22)23/h5-10H,4H2,1-3H3,(H,24,25). The molecule has 2 aromatic carbocycles. The molecule has 3 rings (SSSR count). The highest BCUT2D eigenvalue weighted by Crippen LogP contribution is 2.30. The summed E-state index contributed by atoms with van der Waals surface area (Å²) in [5.74, 6) is 0.471. The van der Waals surface area contributed by atoms with Crippen LogP contribution in [0.25, 0.3) is 10.9 Å². The van der Waals surface area contributed by atoms with Crippen molar-refractivity contribution in [1.82, 2.24) is 4.98 Å². The minimum absolute atomic E-state index is 0.0532. The summed E-state index contributed by atoms with van der Waals surface area (Å²) in [6, 6.07) is 8.57. The molecular weight excluding hydrogens is 359 g/mol. The van der Waals surface area contributed by atoms with Gasteiger partial charge in [0.25, 0.3) is 0 Å². The molecule has 1 N–H and O–H groups in total. The molecule has 0 saturated carbocycles. The van der Waals surface area contributed by atoms with E-state index >= 15 is 0 Å². The topological polar surface area (TPSA) is 51.3 Å². The van der Waals surface area contributed by atoms with Gasteiger partial charge in [-0.05, 0) is 62.2 Å². The largest absolute Gasteiger partial charge is 0.573 e. The van der Waals surface area contributed by atoms with E-state index in [0.717, 1.165) is 11.3 Å². The third-order valence-electron chi connectivity index (χ3n) is 4.25. The number of rotatable bonds is 4. The van der Waals surface area contributed by atoms with Gasteiger partial charge < -0.3 is 14.5 Å². The first-order chi connectivity index (χ1) is 12.7. The molecule has 142 valence electrons. The van der Waals surface area contributed by atoms with Crippen LogP contribution in [-0.2, 0) is 6.42 Å². The van der Waals surface area contributed by atoms with E-state index in [0.29, 0.717) is 34.4 Å². The Hall–Kier alpha value is -2.96. The molecule has 7 heteroatoms. The molecule has 1 aromatic heterocycles. The molecule has 27 heavy (non-hydrogen) atoms. The van der Waals surface area contributed by atoms with E-state index in [4.69, 9.17) is 4.74 Å². The second-order valence-corrected chi connectivity index (χ2v) is 6.20. The van der Waals surface area contributed by atoms with Crippen molar-refractivity contribution in [3.63, 3.8) is 0 Å². The second-order valence-electron chi connectivity index (χ2n) is 6.20. The van der Waals surface area contributed by atoms with Crippen molar-refractivity contribution in [2.75, 3.05) is 0 Å². The minimum Gasteiger partial charge on any atom is -0.457 e. The number of nitrogens with one attached hydrogen (secondary N) is 1. The quantitative estimate of drug-likeness (QED) is 0.662. The lowest BCUT2D eigenvalue weighted by atomic mass is 10.0. The van der Waals surface area contributed by atoms with Crippen LogP contribution in [0.3, 0.4) is 0 Å². The van der Waals surface area contributed by atoms with Gasteiger partial charge in [-0.2, -0.15) is 0 Å². The van der Waals surface area contributed by atoms with E-state index < -0.39 is 6.36 Å². The fourth-order valence-corrected chi connectivity index (χ4v) is 2.96. The van der Waals surface area contributed by atoms with Gasteiger partial charge in [0.15, 0.2) is 5.43 Å². The molecule has 0 aliphatic rings. The van der Waals surface area contributed by atoms with E-state index in [-0.39, 0.29) is 11.2 Å². The van der Waals surface area contributed by atoms with Crippen LogP contribution < -0.4 is 14.9 Å². The average molecular weight is 377 g/mol. The number of pyridine rings is 1. The van der Waals surface area contributed by atoms with Crippen LogP contribution in [-0.4, -0.2) is 11.3 Å². The molecule has 0 bridgehead atoms. The normalized spacial score (nSPS) is 11.6. The van der Waals surface area contributed by atoms with Crippen molar-refractivity contribution in [3.8, 4) is 17.2 Å². The molecule has 0 spiro atoms. The summed E-state index contributed by atoms with van der Waals surface area (Å²) >= 11 is 0. The molecule has 0 atom stereocenters. The first-order valence-corrected chi connectivity index (χ1v) is 8.37. The summed E-state index contributed by atoms with van der Waals surface area (Å²) in [7, 11) is 0. The molecule has 0 unspecified atom stereocenters. The molecule has 1 heterocycles. The Balaban J connectivity index is 1.95. The van der Waals surface area contributed by atoms with E-state index in [1.807, 2.05) is 26.8 Å². The molecule has 0 aliphatic heterocycles. The number of benzene rings is 2. The molecule has 0 aliphatic carbocycles. The van der Waals surface area contributed by atoms with Gasteiger partial charge in [0, 0.05) is 16.6 Å². The maximum absolute atomic E-state index is 12.7. The zero-order valence-corrected chi connectivity index (χ0v) is 15.0. The number of ether oxygens (including phenoxy) is 2. The van der Waals surface area contributed by atoms with Crippen LogP contribution in [0.2, 0.25) is 0 Å². The molecule has 0 saturated heterocycles. The number of fused-ring (bicyclic) bond motifs is 1. The van der Waals surface area contributed by atoms with Gasteiger partial charge >= 0.3 is 6.36 Å². The first kappa shape index (κ1) is 18.8. The van der Waals surface area contributed by atoms with E-state index in [1.54, 1.807) is 6.07 Å². The lowest BCUT2D eigenvalue weighted by Gasteiger charge is -2.13. The van der Waals surface area contributed by atoms with Crippen LogP contribution in [0, 0.1) is 13.8 Å². The third-order valence-corrected chi connectivity index (χ3v) is 4.25. The van der Waals surface area contributed by atoms with E-state index in [1.165, 1.54) is 24.3 Å². The highest BCUT2D eigenvalue weighted by Gasteiger charge is 2.31. The summed E-state index contributed by atoms with van der Waals surface area (Å²) in [6.45, 7) is 5.61. The summed E-state index contributed by atoms with van der Waals surface area (Å²) in [6.07, 6.45) is -4.13.